The molecule has 0 spiro atoms. The van der Waals surface area contributed by atoms with E-state index < -0.39 is 29.4 Å². The lowest BCUT2D eigenvalue weighted by molar-refractivity contribution is -0.136. The van der Waals surface area contributed by atoms with Crippen LogP contribution in [0, 0.1) is 0 Å². The van der Waals surface area contributed by atoms with Crippen LogP contribution < -0.4 is 16.0 Å². The fourth-order valence-corrected chi connectivity index (χ4v) is 3.71. The summed E-state index contributed by atoms with van der Waals surface area (Å²) in [6, 6.07) is 6.33. The molecule has 4 amide bonds. The molecule has 0 bridgehead atoms. The number of hydrogen-bond donors (Lipinski definition) is 3. The zero-order valence-corrected chi connectivity index (χ0v) is 18.2. The summed E-state index contributed by atoms with van der Waals surface area (Å²) < 4.78 is 50.8. The summed E-state index contributed by atoms with van der Waals surface area (Å²) in [5.74, 6) is -0.951. The fourth-order valence-electron chi connectivity index (χ4n) is 3.71. The third-order valence-corrected chi connectivity index (χ3v) is 5.46. The molecule has 9 nitrogen and oxygen atoms in total. The van der Waals surface area contributed by atoms with Gasteiger partial charge in [0.05, 0.1) is 29.3 Å². The maximum Gasteiger partial charge on any atom is 0.418 e. The molecule has 3 aromatic rings. The average molecular weight is 490 g/mol. The lowest BCUT2D eigenvalue weighted by atomic mass is 10.0. The largest absolute Gasteiger partial charge is 0.472 e. The number of nitrogens with one attached hydrogen (secondary N) is 3. The van der Waals surface area contributed by atoms with Crippen LogP contribution in [-0.2, 0) is 6.18 Å². The van der Waals surface area contributed by atoms with Crippen molar-refractivity contribution in [2.75, 3.05) is 23.7 Å². The second-order valence-electron chi connectivity index (χ2n) is 7.87. The van der Waals surface area contributed by atoms with Crippen LogP contribution in [0.5, 0.6) is 0 Å². The van der Waals surface area contributed by atoms with Crippen LogP contribution >= 0.6 is 0 Å². The van der Waals surface area contributed by atoms with Gasteiger partial charge in [0.1, 0.15) is 6.26 Å². The summed E-state index contributed by atoms with van der Waals surface area (Å²) in [4.78, 5) is 38.4. The highest BCUT2D eigenvalue weighted by Crippen LogP contribution is 2.36. The number of nitrogens with zero attached hydrogens (tertiary/aromatic N) is 1. The summed E-state index contributed by atoms with van der Waals surface area (Å²) in [5.41, 5.74) is -1.26. The van der Waals surface area contributed by atoms with E-state index in [1.54, 1.807) is 11.0 Å². The van der Waals surface area contributed by atoms with Gasteiger partial charge < -0.3 is 29.7 Å². The van der Waals surface area contributed by atoms with Gasteiger partial charge in [0.15, 0.2) is 5.76 Å². The number of amides is 4. The number of carbonyl (C=O) groups is 3. The van der Waals surface area contributed by atoms with Gasteiger partial charge in [0, 0.05) is 24.8 Å². The van der Waals surface area contributed by atoms with Crippen molar-refractivity contribution in [3.05, 3.63) is 72.1 Å². The Labute approximate surface area is 197 Å². The Morgan fingerprint density at radius 3 is 2.40 bits per heavy atom. The van der Waals surface area contributed by atoms with E-state index in [9.17, 15) is 27.6 Å². The minimum absolute atomic E-state index is 0.0577. The van der Waals surface area contributed by atoms with E-state index in [1.165, 1.54) is 37.0 Å². The normalized spacial score (nSPS) is 14.4. The zero-order valence-electron chi connectivity index (χ0n) is 18.2. The van der Waals surface area contributed by atoms with Crippen LogP contribution in [0.4, 0.5) is 29.3 Å². The fraction of sp³-hybridized carbons (Fsp3) is 0.261. The highest BCUT2D eigenvalue weighted by molar-refractivity contribution is 6.02. The zero-order chi connectivity index (χ0) is 25.0. The van der Waals surface area contributed by atoms with Crippen molar-refractivity contribution in [3.8, 4) is 0 Å². The molecule has 35 heavy (non-hydrogen) atoms. The number of likely N-dealkylation sites (tertiary alicyclic amines) is 1. The van der Waals surface area contributed by atoms with E-state index in [0.29, 0.717) is 31.5 Å². The number of benzene rings is 1. The highest BCUT2D eigenvalue weighted by Gasteiger charge is 2.35. The van der Waals surface area contributed by atoms with Gasteiger partial charge in [-0.25, -0.2) is 4.79 Å². The molecule has 0 unspecified atom stereocenters. The lowest BCUT2D eigenvalue weighted by Gasteiger charge is -2.32. The van der Waals surface area contributed by atoms with E-state index in [0.717, 1.165) is 12.1 Å². The number of rotatable bonds is 5. The highest BCUT2D eigenvalue weighted by atomic mass is 19.4. The SMILES string of the molecule is O=C(Nc1ccc(NC(=O)c2ccco2)cc1C(F)(F)F)NC1CCN(C(=O)c2ccoc2)CC1. The number of carbonyl (C=O) groups excluding carboxylic acids is 3. The maximum atomic E-state index is 13.6. The van der Waals surface area contributed by atoms with Crippen LogP contribution in [0.1, 0.15) is 39.3 Å². The number of piperidine rings is 1. The molecule has 0 atom stereocenters. The standard InChI is InChI=1S/C23H21F3N4O5/c24-23(25,26)17-12-16(27-20(31)19-2-1-10-35-19)3-4-18(17)29-22(33)28-15-5-8-30(9-6-15)21(32)14-7-11-34-13-14/h1-4,7,10-13,15H,5-6,8-9H2,(H,27,31)(H2,28,29,33). The first-order valence-electron chi connectivity index (χ1n) is 10.7. The summed E-state index contributed by atoms with van der Waals surface area (Å²) in [6.07, 6.45) is 0.129. The van der Waals surface area contributed by atoms with E-state index in [4.69, 9.17) is 8.83 Å². The Kier molecular flexibility index (Phi) is 6.80. The van der Waals surface area contributed by atoms with Gasteiger partial charge in [-0.2, -0.15) is 13.2 Å². The molecule has 1 fully saturated rings. The number of halogens is 3. The van der Waals surface area contributed by atoms with Crippen LogP contribution in [0.3, 0.4) is 0 Å². The molecule has 12 heteroatoms. The van der Waals surface area contributed by atoms with Crippen LogP contribution in [0.15, 0.2) is 64.0 Å². The third-order valence-electron chi connectivity index (χ3n) is 5.46. The Morgan fingerprint density at radius 2 is 1.77 bits per heavy atom. The summed E-state index contributed by atoms with van der Waals surface area (Å²) in [5, 5.41) is 7.21. The Morgan fingerprint density at radius 1 is 1.00 bits per heavy atom. The van der Waals surface area contributed by atoms with Crippen molar-refractivity contribution in [3.63, 3.8) is 0 Å². The average Bonchev–Trinajstić information content (AvgIpc) is 3.54. The third kappa shape index (κ3) is 5.83. The van der Waals surface area contributed by atoms with Crippen molar-refractivity contribution in [2.24, 2.45) is 0 Å². The minimum atomic E-state index is -4.78. The van der Waals surface area contributed by atoms with Crippen molar-refractivity contribution in [2.45, 2.75) is 25.1 Å². The van der Waals surface area contributed by atoms with Gasteiger partial charge in [0.2, 0.25) is 0 Å². The van der Waals surface area contributed by atoms with E-state index in [-0.39, 0.29) is 23.4 Å². The molecule has 2 aromatic heterocycles. The number of urea groups is 1. The molecule has 4 rings (SSSR count). The molecular weight excluding hydrogens is 469 g/mol. The van der Waals surface area contributed by atoms with Gasteiger partial charge in [-0.3, -0.25) is 9.59 Å². The molecule has 0 radical (unpaired) electrons. The molecule has 1 saturated heterocycles. The van der Waals surface area contributed by atoms with Crippen LogP contribution in [0.2, 0.25) is 0 Å². The van der Waals surface area contributed by atoms with Crippen LogP contribution in [0.25, 0.3) is 0 Å². The number of furan rings is 2. The minimum Gasteiger partial charge on any atom is -0.472 e. The van der Waals surface area contributed by atoms with Gasteiger partial charge in [-0.1, -0.05) is 0 Å². The summed E-state index contributed by atoms with van der Waals surface area (Å²) in [7, 11) is 0. The number of alkyl halides is 3. The number of anilines is 2. The smallest absolute Gasteiger partial charge is 0.418 e. The lowest BCUT2D eigenvalue weighted by Crippen LogP contribution is -2.47. The predicted molar refractivity (Wildman–Crippen MR) is 118 cm³/mol. The Hall–Kier alpha value is -4.22. The van der Waals surface area contributed by atoms with Crippen LogP contribution in [-0.4, -0.2) is 41.9 Å². The molecule has 3 heterocycles. The Bertz CT molecular complexity index is 1180. The molecule has 0 aliphatic carbocycles. The van der Waals surface area contributed by atoms with E-state index in [1.807, 2.05) is 0 Å². The molecule has 0 saturated carbocycles. The summed E-state index contributed by atoms with van der Waals surface area (Å²) in [6.45, 7) is 0.764. The van der Waals surface area contributed by atoms with Gasteiger partial charge in [0.25, 0.3) is 11.8 Å². The summed E-state index contributed by atoms with van der Waals surface area (Å²) >= 11 is 0. The monoisotopic (exact) mass is 490 g/mol. The molecule has 1 aliphatic rings. The quantitative estimate of drug-likeness (QED) is 0.485. The van der Waals surface area contributed by atoms with E-state index in [2.05, 4.69) is 16.0 Å². The van der Waals surface area contributed by atoms with Gasteiger partial charge >= 0.3 is 12.2 Å². The first-order valence-corrected chi connectivity index (χ1v) is 10.7. The van der Waals surface area contributed by atoms with Crippen molar-refractivity contribution >= 4 is 29.2 Å². The molecule has 184 valence electrons. The van der Waals surface area contributed by atoms with Gasteiger partial charge in [-0.15, -0.1) is 0 Å². The van der Waals surface area contributed by atoms with E-state index >= 15 is 0 Å². The molecular formula is C23H21F3N4O5. The van der Waals surface area contributed by atoms with Crippen molar-refractivity contribution in [1.29, 1.82) is 0 Å². The first-order chi connectivity index (χ1) is 16.7. The van der Waals surface area contributed by atoms with Crippen molar-refractivity contribution in [1.82, 2.24) is 10.2 Å². The Balaban J connectivity index is 1.36. The first kappa shape index (κ1) is 23.9. The maximum absolute atomic E-state index is 13.6. The molecule has 1 aromatic carbocycles. The topological polar surface area (TPSA) is 117 Å². The van der Waals surface area contributed by atoms with Crippen molar-refractivity contribution < 1.29 is 36.4 Å². The van der Waals surface area contributed by atoms with Gasteiger partial charge in [-0.05, 0) is 49.2 Å². The second kappa shape index (κ2) is 9.95. The molecule has 3 N–H and O–H groups in total. The number of hydrogen-bond acceptors (Lipinski definition) is 5. The second-order valence-corrected chi connectivity index (χ2v) is 7.87. The predicted octanol–water partition coefficient (Wildman–Crippen LogP) is 4.57. The molecule has 1 aliphatic heterocycles.